The Morgan fingerprint density at radius 2 is 1.31 bits per heavy atom. The van der Waals surface area contributed by atoms with Gasteiger partial charge in [0.2, 0.25) is 23.6 Å². The summed E-state index contributed by atoms with van der Waals surface area (Å²) in [5.74, 6) is -5.06. The fourth-order valence-electron chi connectivity index (χ4n) is 7.68. The van der Waals surface area contributed by atoms with Crippen LogP contribution in [0.15, 0.2) is 60.7 Å². The summed E-state index contributed by atoms with van der Waals surface area (Å²) in [5.41, 5.74) is 0.644. The van der Waals surface area contributed by atoms with E-state index < -0.39 is 77.6 Å². The van der Waals surface area contributed by atoms with Gasteiger partial charge in [0.1, 0.15) is 37.4 Å². The van der Waals surface area contributed by atoms with E-state index in [4.69, 9.17) is 9.47 Å². The van der Waals surface area contributed by atoms with Crippen molar-refractivity contribution >= 4 is 41.6 Å². The van der Waals surface area contributed by atoms with Crippen molar-refractivity contribution in [3.63, 3.8) is 0 Å². The lowest BCUT2D eigenvalue weighted by atomic mass is 9.85. The molecule has 0 aromatic heterocycles. The van der Waals surface area contributed by atoms with E-state index in [9.17, 15) is 33.6 Å². The van der Waals surface area contributed by atoms with Crippen LogP contribution in [0.1, 0.15) is 105 Å². The molecule has 334 valence electrons. The number of hydrogen-bond donors (Lipinski definition) is 4. The molecule has 5 atom stereocenters. The second-order valence-corrected chi connectivity index (χ2v) is 17.5. The predicted molar refractivity (Wildman–Crippen MR) is 229 cm³/mol. The second-order valence-electron chi connectivity index (χ2n) is 17.5. The summed E-state index contributed by atoms with van der Waals surface area (Å²) in [5, 5.41) is 11.2. The van der Waals surface area contributed by atoms with Crippen LogP contribution in [0.3, 0.4) is 0 Å². The van der Waals surface area contributed by atoms with Crippen molar-refractivity contribution < 1.29 is 43.0 Å². The lowest BCUT2D eigenvalue weighted by Crippen LogP contribution is -2.62. The van der Waals surface area contributed by atoms with Gasteiger partial charge in [-0.15, -0.1) is 0 Å². The maximum absolute atomic E-state index is 14.7. The zero-order chi connectivity index (χ0) is 44.7. The first-order valence-corrected chi connectivity index (χ1v) is 21.7. The second kappa shape index (κ2) is 22.9. The minimum Gasteiger partial charge on any atom is -0.461 e. The number of carbonyl (C=O) groups is 7. The molecule has 0 radical (unpaired) electrons. The largest absolute Gasteiger partial charge is 0.461 e. The zero-order valence-electron chi connectivity index (χ0n) is 36.9. The fourth-order valence-corrected chi connectivity index (χ4v) is 7.68. The smallest absolute Gasteiger partial charge is 0.328 e. The molecule has 2 aliphatic rings. The van der Waals surface area contributed by atoms with Gasteiger partial charge in [-0.2, -0.15) is 0 Å². The van der Waals surface area contributed by atoms with Crippen LogP contribution in [-0.2, 0) is 51.5 Å². The molecular weight excluding hydrogens is 781 g/mol. The zero-order valence-corrected chi connectivity index (χ0v) is 36.9. The number of nitrogens with zero attached hydrogens (tertiary/aromatic N) is 2. The molecule has 0 unspecified atom stereocenters. The predicted octanol–water partition coefficient (Wildman–Crippen LogP) is 4.62. The first kappa shape index (κ1) is 48.2. The molecule has 0 aliphatic carbocycles. The van der Waals surface area contributed by atoms with Gasteiger partial charge in [-0.05, 0) is 61.0 Å². The lowest BCUT2D eigenvalue weighted by Gasteiger charge is -2.37. The number of hydrogen-bond acceptors (Lipinski definition) is 9. The molecular formula is C46H66N6O9. The van der Waals surface area contributed by atoms with Gasteiger partial charge in [-0.3, -0.25) is 24.0 Å². The van der Waals surface area contributed by atoms with Gasteiger partial charge >= 0.3 is 18.0 Å². The Morgan fingerprint density at radius 1 is 0.738 bits per heavy atom. The highest BCUT2D eigenvalue weighted by molar-refractivity contribution is 5.99. The number of benzene rings is 2. The van der Waals surface area contributed by atoms with Crippen LogP contribution < -0.4 is 21.3 Å². The molecule has 2 fully saturated rings. The van der Waals surface area contributed by atoms with Crippen molar-refractivity contribution in [3.05, 3.63) is 71.8 Å². The van der Waals surface area contributed by atoms with Crippen molar-refractivity contribution in [1.29, 1.82) is 0 Å². The van der Waals surface area contributed by atoms with Gasteiger partial charge < -0.3 is 40.5 Å². The minimum atomic E-state index is -1.57. The van der Waals surface area contributed by atoms with E-state index in [1.54, 1.807) is 62.1 Å². The summed E-state index contributed by atoms with van der Waals surface area (Å²) in [6.45, 7) is 14.0. The molecule has 0 spiro atoms. The van der Waals surface area contributed by atoms with Crippen LogP contribution in [0.5, 0.6) is 0 Å². The minimum absolute atomic E-state index is 0.0298. The maximum Gasteiger partial charge on any atom is 0.328 e. The topological polar surface area (TPSA) is 193 Å². The molecule has 15 heteroatoms. The molecule has 6 amide bonds. The number of likely N-dealkylation sites (tertiary alicyclic amines) is 2. The van der Waals surface area contributed by atoms with Crippen LogP contribution in [0.4, 0.5) is 4.79 Å². The number of ether oxygens (including phenoxy) is 2. The first-order valence-electron chi connectivity index (χ1n) is 21.7. The van der Waals surface area contributed by atoms with E-state index in [0.29, 0.717) is 31.5 Å². The highest BCUT2D eigenvalue weighted by atomic mass is 16.5. The summed E-state index contributed by atoms with van der Waals surface area (Å²) >= 11 is 0. The highest BCUT2D eigenvalue weighted by Gasteiger charge is 2.50. The SMILES string of the molecule is CCC(CC)NC(=O)N[C@H](C(=O)N1CC[C@@H](C(=O)N2CCCC2)[C@H]1C(=O)N[C@@H](CC(=O)OCc1ccccc1)C(=O)N[C@@H](CC(C)C)C(=O)OCc1ccccc1)C(C)(C)C. The normalized spacial score (nSPS) is 17.9. The summed E-state index contributed by atoms with van der Waals surface area (Å²) < 4.78 is 11.1. The number of amides is 6. The number of rotatable bonds is 19. The van der Waals surface area contributed by atoms with Crippen LogP contribution in [-0.4, -0.2) is 101 Å². The molecule has 2 aromatic carbocycles. The number of carbonyl (C=O) groups excluding carboxylic acids is 7. The third-order valence-electron chi connectivity index (χ3n) is 11.2. The quantitative estimate of drug-likeness (QED) is 0.146. The van der Waals surface area contributed by atoms with Crippen LogP contribution in [0, 0.1) is 17.3 Å². The maximum atomic E-state index is 14.7. The Morgan fingerprint density at radius 3 is 1.85 bits per heavy atom. The van der Waals surface area contributed by atoms with E-state index >= 15 is 0 Å². The van der Waals surface area contributed by atoms with E-state index in [1.807, 2.05) is 52.0 Å². The van der Waals surface area contributed by atoms with E-state index in [1.165, 1.54) is 4.90 Å². The molecule has 2 saturated heterocycles. The van der Waals surface area contributed by atoms with E-state index in [0.717, 1.165) is 18.4 Å². The van der Waals surface area contributed by atoms with E-state index in [-0.39, 0.29) is 50.5 Å². The van der Waals surface area contributed by atoms with Crippen molar-refractivity contribution in [1.82, 2.24) is 31.1 Å². The lowest BCUT2D eigenvalue weighted by molar-refractivity contribution is -0.151. The molecule has 0 saturated carbocycles. The molecule has 61 heavy (non-hydrogen) atoms. The molecule has 4 rings (SSSR count). The molecule has 0 bridgehead atoms. The van der Waals surface area contributed by atoms with Crippen LogP contribution >= 0.6 is 0 Å². The Hall–Kier alpha value is -5.47. The molecule has 2 aliphatic heterocycles. The van der Waals surface area contributed by atoms with Gasteiger partial charge in [-0.25, -0.2) is 9.59 Å². The molecule has 2 aromatic rings. The van der Waals surface area contributed by atoms with Crippen molar-refractivity contribution in [2.45, 2.75) is 137 Å². The first-order chi connectivity index (χ1) is 29.0. The summed E-state index contributed by atoms with van der Waals surface area (Å²) in [7, 11) is 0. The Kier molecular flexibility index (Phi) is 18.1. The van der Waals surface area contributed by atoms with Crippen LogP contribution in [0.25, 0.3) is 0 Å². The van der Waals surface area contributed by atoms with Crippen molar-refractivity contribution in [3.8, 4) is 0 Å². The molecule has 15 nitrogen and oxygen atoms in total. The van der Waals surface area contributed by atoms with Crippen LogP contribution in [0.2, 0.25) is 0 Å². The van der Waals surface area contributed by atoms with Gasteiger partial charge in [0, 0.05) is 25.7 Å². The Bertz CT molecular complexity index is 1790. The van der Waals surface area contributed by atoms with Gasteiger partial charge in [0.25, 0.3) is 0 Å². The van der Waals surface area contributed by atoms with Crippen molar-refractivity contribution in [2.24, 2.45) is 17.3 Å². The Balaban J connectivity index is 1.65. The third kappa shape index (κ3) is 14.3. The Labute approximate surface area is 360 Å². The average Bonchev–Trinajstić information content (AvgIpc) is 3.94. The van der Waals surface area contributed by atoms with Gasteiger partial charge in [0.15, 0.2) is 0 Å². The standard InChI is InChI=1S/C46H66N6O9/c1-8-33(9-2)47-45(59)50-39(46(5,6)7)43(57)52-25-22-34(42(56)51-23-16-17-24-51)38(52)41(55)48-35(27-37(53)60-28-31-18-12-10-13-19-31)40(54)49-36(26-30(3)4)44(58)61-29-32-20-14-11-15-21-32/h10-15,18-21,30,33-36,38-39H,8-9,16-17,22-29H2,1-7H3,(H,48,55)(H,49,54)(H2,47,50,59)/t34-,35+,36+,38+,39-/m1/s1. The van der Waals surface area contributed by atoms with Crippen molar-refractivity contribution in [2.75, 3.05) is 19.6 Å². The number of esters is 2. The highest BCUT2D eigenvalue weighted by Crippen LogP contribution is 2.32. The monoisotopic (exact) mass is 846 g/mol. The van der Waals surface area contributed by atoms with Gasteiger partial charge in [-0.1, -0.05) is 109 Å². The number of nitrogens with one attached hydrogen (secondary N) is 4. The third-order valence-corrected chi connectivity index (χ3v) is 11.2. The molecule has 2 heterocycles. The van der Waals surface area contributed by atoms with Gasteiger partial charge in [0.05, 0.1) is 12.3 Å². The number of urea groups is 1. The fraction of sp³-hybridized carbons (Fsp3) is 0.587. The molecule has 4 N–H and O–H groups in total. The summed E-state index contributed by atoms with van der Waals surface area (Å²) in [4.78, 5) is 101. The summed E-state index contributed by atoms with van der Waals surface area (Å²) in [6.07, 6.45) is 2.72. The summed E-state index contributed by atoms with van der Waals surface area (Å²) in [6, 6.07) is 12.2. The van der Waals surface area contributed by atoms with E-state index in [2.05, 4.69) is 21.3 Å². The average molecular weight is 847 g/mol.